The van der Waals surface area contributed by atoms with E-state index in [1.807, 2.05) is 12.1 Å². The molecule has 0 aliphatic carbocycles. The Morgan fingerprint density at radius 1 is 1.32 bits per heavy atom. The number of rotatable bonds is 5. The molecule has 1 N–H and O–H groups in total. The molecule has 0 saturated carbocycles. The Hall–Kier alpha value is -1.13. The van der Waals surface area contributed by atoms with Crippen molar-refractivity contribution >= 4 is 15.9 Å². The van der Waals surface area contributed by atoms with Gasteiger partial charge in [0.25, 0.3) is 0 Å². The van der Waals surface area contributed by atoms with Crippen LogP contribution in [0.2, 0.25) is 0 Å². The standard InChI is InChI=1S/C15H17BrFNO/c1-3-8-18-10(2)14-6-7-15(19-14)12-9-11(17)4-5-13(12)16/h4-7,9-10,18H,3,8H2,1-2H3. The molecule has 102 valence electrons. The van der Waals surface area contributed by atoms with Gasteiger partial charge < -0.3 is 9.73 Å². The van der Waals surface area contributed by atoms with Crippen molar-refractivity contribution < 1.29 is 8.81 Å². The third-order valence-corrected chi connectivity index (χ3v) is 3.64. The lowest BCUT2D eigenvalue weighted by molar-refractivity contribution is 0.438. The van der Waals surface area contributed by atoms with Crippen LogP contribution in [0, 0.1) is 5.82 Å². The molecule has 0 fully saturated rings. The molecule has 1 unspecified atom stereocenters. The van der Waals surface area contributed by atoms with Crippen LogP contribution in [0.4, 0.5) is 4.39 Å². The first-order valence-electron chi connectivity index (χ1n) is 6.40. The van der Waals surface area contributed by atoms with Crippen molar-refractivity contribution in [1.29, 1.82) is 0 Å². The highest BCUT2D eigenvalue weighted by molar-refractivity contribution is 9.10. The SMILES string of the molecule is CCCNC(C)c1ccc(-c2cc(F)ccc2Br)o1. The fourth-order valence-corrected chi connectivity index (χ4v) is 2.32. The van der Waals surface area contributed by atoms with E-state index in [4.69, 9.17) is 4.42 Å². The zero-order valence-electron chi connectivity index (χ0n) is 11.0. The molecule has 0 aliphatic heterocycles. The Balaban J connectivity index is 2.23. The number of halogens is 2. The topological polar surface area (TPSA) is 25.2 Å². The zero-order valence-corrected chi connectivity index (χ0v) is 12.6. The highest BCUT2D eigenvalue weighted by atomic mass is 79.9. The maximum Gasteiger partial charge on any atom is 0.135 e. The van der Waals surface area contributed by atoms with Crippen molar-refractivity contribution in [1.82, 2.24) is 5.32 Å². The summed E-state index contributed by atoms with van der Waals surface area (Å²) in [4.78, 5) is 0. The maximum atomic E-state index is 13.3. The Bertz CT molecular complexity index is 553. The smallest absolute Gasteiger partial charge is 0.135 e. The molecule has 1 aromatic heterocycles. The van der Waals surface area contributed by atoms with E-state index in [2.05, 4.69) is 35.1 Å². The van der Waals surface area contributed by atoms with Gasteiger partial charge in [0, 0.05) is 10.0 Å². The summed E-state index contributed by atoms with van der Waals surface area (Å²) in [5.41, 5.74) is 0.731. The van der Waals surface area contributed by atoms with Crippen LogP contribution in [0.3, 0.4) is 0 Å². The molecule has 1 heterocycles. The van der Waals surface area contributed by atoms with Gasteiger partial charge in [0.2, 0.25) is 0 Å². The van der Waals surface area contributed by atoms with Crippen LogP contribution in [-0.2, 0) is 0 Å². The molecule has 2 nitrogen and oxygen atoms in total. The minimum Gasteiger partial charge on any atom is -0.459 e. The lowest BCUT2D eigenvalue weighted by atomic mass is 10.2. The van der Waals surface area contributed by atoms with E-state index in [9.17, 15) is 4.39 Å². The summed E-state index contributed by atoms with van der Waals surface area (Å²) in [6.45, 7) is 5.12. The van der Waals surface area contributed by atoms with E-state index >= 15 is 0 Å². The van der Waals surface area contributed by atoms with Gasteiger partial charge in [-0.1, -0.05) is 22.9 Å². The summed E-state index contributed by atoms with van der Waals surface area (Å²) in [7, 11) is 0. The van der Waals surface area contributed by atoms with Gasteiger partial charge in [0.05, 0.1) is 6.04 Å². The largest absolute Gasteiger partial charge is 0.459 e. The van der Waals surface area contributed by atoms with E-state index in [0.717, 1.165) is 28.8 Å². The van der Waals surface area contributed by atoms with Gasteiger partial charge >= 0.3 is 0 Å². The van der Waals surface area contributed by atoms with Crippen LogP contribution in [0.5, 0.6) is 0 Å². The van der Waals surface area contributed by atoms with E-state index in [1.165, 1.54) is 12.1 Å². The van der Waals surface area contributed by atoms with Crippen molar-refractivity contribution in [3.8, 4) is 11.3 Å². The monoisotopic (exact) mass is 325 g/mol. The Morgan fingerprint density at radius 2 is 2.11 bits per heavy atom. The molecule has 1 aromatic carbocycles. The van der Waals surface area contributed by atoms with Gasteiger partial charge in [-0.15, -0.1) is 0 Å². The molecule has 4 heteroatoms. The third kappa shape index (κ3) is 3.45. The van der Waals surface area contributed by atoms with E-state index < -0.39 is 0 Å². The second kappa shape index (κ2) is 6.35. The fraction of sp³-hybridized carbons (Fsp3) is 0.333. The highest BCUT2D eigenvalue weighted by Gasteiger charge is 2.13. The molecule has 2 rings (SSSR count). The third-order valence-electron chi connectivity index (χ3n) is 2.95. The number of nitrogens with one attached hydrogen (secondary N) is 1. The first-order chi connectivity index (χ1) is 9.11. The van der Waals surface area contributed by atoms with Crippen LogP contribution >= 0.6 is 15.9 Å². The number of furan rings is 1. The van der Waals surface area contributed by atoms with Gasteiger partial charge in [-0.25, -0.2) is 4.39 Å². The lowest BCUT2D eigenvalue weighted by Gasteiger charge is -2.10. The minimum atomic E-state index is -0.270. The first kappa shape index (κ1) is 14.3. The molecule has 0 amide bonds. The molecule has 0 spiro atoms. The molecule has 0 aliphatic rings. The van der Waals surface area contributed by atoms with Crippen molar-refractivity contribution in [3.05, 3.63) is 46.4 Å². The normalized spacial score (nSPS) is 12.6. The number of benzene rings is 1. The summed E-state index contributed by atoms with van der Waals surface area (Å²) in [5, 5.41) is 3.36. The number of hydrogen-bond donors (Lipinski definition) is 1. The lowest BCUT2D eigenvalue weighted by Crippen LogP contribution is -2.18. The summed E-state index contributed by atoms with van der Waals surface area (Å²) in [5.74, 6) is 1.26. The maximum absolute atomic E-state index is 13.3. The summed E-state index contributed by atoms with van der Waals surface area (Å²) < 4.78 is 19.9. The van der Waals surface area contributed by atoms with Crippen LogP contribution in [0.1, 0.15) is 32.1 Å². The summed E-state index contributed by atoms with van der Waals surface area (Å²) in [6.07, 6.45) is 1.08. The minimum absolute atomic E-state index is 0.154. The molecule has 0 bridgehead atoms. The van der Waals surface area contributed by atoms with E-state index in [1.54, 1.807) is 6.07 Å². The van der Waals surface area contributed by atoms with Gasteiger partial charge in [-0.2, -0.15) is 0 Å². The average molecular weight is 326 g/mol. The molecular weight excluding hydrogens is 309 g/mol. The molecule has 0 saturated heterocycles. The Labute approximate surface area is 121 Å². The van der Waals surface area contributed by atoms with Crippen LogP contribution in [0.15, 0.2) is 39.2 Å². The summed E-state index contributed by atoms with van der Waals surface area (Å²) >= 11 is 3.41. The van der Waals surface area contributed by atoms with Gasteiger partial charge in [0.1, 0.15) is 17.3 Å². The predicted octanol–water partition coefficient (Wildman–Crippen LogP) is 4.91. The van der Waals surface area contributed by atoms with Gasteiger partial charge in [0.15, 0.2) is 0 Å². The molecule has 19 heavy (non-hydrogen) atoms. The molecular formula is C15H17BrFNO. The summed E-state index contributed by atoms with van der Waals surface area (Å²) in [6, 6.07) is 8.53. The molecule has 0 radical (unpaired) electrons. The number of hydrogen-bond acceptors (Lipinski definition) is 2. The van der Waals surface area contributed by atoms with Crippen LogP contribution in [-0.4, -0.2) is 6.54 Å². The average Bonchev–Trinajstić information content (AvgIpc) is 2.88. The van der Waals surface area contributed by atoms with E-state index in [0.29, 0.717) is 5.76 Å². The molecule has 2 aromatic rings. The van der Waals surface area contributed by atoms with Gasteiger partial charge in [-0.05, 0) is 50.2 Å². The van der Waals surface area contributed by atoms with Crippen molar-refractivity contribution in [2.75, 3.05) is 6.54 Å². The molecule has 1 atom stereocenters. The second-order valence-electron chi connectivity index (χ2n) is 4.50. The zero-order chi connectivity index (χ0) is 13.8. The fourth-order valence-electron chi connectivity index (χ4n) is 1.88. The predicted molar refractivity (Wildman–Crippen MR) is 78.5 cm³/mol. The van der Waals surface area contributed by atoms with Crippen LogP contribution < -0.4 is 5.32 Å². The van der Waals surface area contributed by atoms with Gasteiger partial charge in [-0.3, -0.25) is 0 Å². The second-order valence-corrected chi connectivity index (χ2v) is 5.36. The van der Waals surface area contributed by atoms with Crippen LogP contribution in [0.25, 0.3) is 11.3 Å². The first-order valence-corrected chi connectivity index (χ1v) is 7.19. The Kier molecular flexibility index (Phi) is 4.77. The van der Waals surface area contributed by atoms with Crippen molar-refractivity contribution in [3.63, 3.8) is 0 Å². The quantitative estimate of drug-likeness (QED) is 0.845. The van der Waals surface area contributed by atoms with E-state index in [-0.39, 0.29) is 11.9 Å². The van der Waals surface area contributed by atoms with Crippen molar-refractivity contribution in [2.24, 2.45) is 0 Å². The highest BCUT2D eigenvalue weighted by Crippen LogP contribution is 2.31. The van der Waals surface area contributed by atoms with Crippen molar-refractivity contribution in [2.45, 2.75) is 26.3 Å². The Morgan fingerprint density at radius 3 is 2.84 bits per heavy atom.